The van der Waals surface area contributed by atoms with Crippen LogP contribution in [0.1, 0.15) is 53.4 Å². The van der Waals surface area contributed by atoms with Gasteiger partial charge >= 0.3 is 0 Å². The SMILES string of the molecule is CCCC[C@@](C=O)(C=C=C(C)C)CC. The Balaban J connectivity index is 4.70. The highest BCUT2D eigenvalue weighted by molar-refractivity contribution is 5.62. The number of carbonyl (C=O) groups is 1. The van der Waals surface area contributed by atoms with Gasteiger partial charge < -0.3 is 4.79 Å². The second kappa shape index (κ2) is 6.62. The number of hydrogen-bond donors (Lipinski definition) is 0. The molecule has 0 unspecified atom stereocenters. The summed E-state index contributed by atoms with van der Waals surface area (Å²) in [7, 11) is 0. The van der Waals surface area contributed by atoms with Gasteiger partial charge in [0.05, 0.1) is 5.41 Å². The van der Waals surface area contributed by atoms with Crippen LogP contribution in [-0.2, 0) is 4.79 Å². The first-order valence-corrected chi connectivity index (χ1v) is 5.47. The van der Waals surface area contributed by atoms with Crippen molar-refractivity contribution in [2.75, 3.05) is 0 Å². The zero-order chi connectivity index (χ0) is 11.0. The van der Waals surface area contributed by atoms with E-state index in [0.717, 1.165) is 37.5 Å². The van der Waals surface area contributed by atoms with Crippen LogP contribution in [0.5, 0.6) is 0 Å². The molecule has 0 bridgehead atoms. The lowest BCUT2D eigenvalue weighted by Crippen LogP contribution is -2.18. The Kier molecular flexibility index (Phi) is 6.23. The van der Waals surface area contributed by atoms with Crippen LogP contribution in [0, 0.1) is 5.41 Å². The summed E-state index contributed by atoms with van der Waals surface area (Å²) in [6.07, 6.45) is 7.09. The Labute approximate surface area is 87.9 Å². The Bertz CT molecular complexity index is 230. The quantitative estimate of drug-likeness (QED) is 0.463. The summed E-state index contributed by atoms with van der Waals surface area (Å²) in [4.78, 5) is 11.1. The van der Waals surface area contributed by atoms with E-state index in [0.29, 0.717) is 0 Å². The van der Waals surface area contributed by atoms with Gasteiger partial charge in [-0.25, -0.2) is 0 Å². The molecule has 0 saturated carbocycles. The number of unbranched alkanes of at least 4 members (excludes halogenated alkanes) is 1. The fraction of sp³-hybridized carbons (Fsp3) is 0.692. The fourth-order valence-electron chi connectivity index (χ4n) is 1.32. The van der Waals surface area contributed by atoms with Crippen LogP contribution in [0.25, 0.3) is 0 Å². The normalized spacial score (nSPS) is 14.0. The van der Waals surface area contributed by atoms with Crippen molar-refractivity contribution in [2.45, 2.75) is 53.4 Å². The average Bonchev–Trinajstić information content (AvgIpc) is 2.19. The van der Waals surface area contributed by atoms with Crippen LogP contribution < -0.4 is 0 Å². The average molecular weight is 194 g/mol. The molecule has 0 aromatic carbocycles. The fourth-order valence-corrected chi connectivity index (χ4v) is 1.32. The van der Waals surface area contributed by atoms with E-state index in [-0.39, 0.29) is 5.41 Å². The van der Waals surface area contributed by atoms with Gasteiger partial charge in [-0.2, -0.15) is 0 Å². The van der Waals surface area contributed by atoms with Gasteiger partial charge in [0.1, 0.15) is 6.29 Å². The predicted molar refractivity (Wildman–Crippen MR) is 61.3 cm³/mol. The summed E-state index contributed by atoms with van der Waals surface area (Å²) < 4.78 is 0. The van der Waals surface area contributed by atoms with Crippen molar-refractivity contribution in [2.24, 2.45) is 5.41 Å². The van der Waals surface area contributed by atoms with Crippen LogP contribution in [0.15, 0.2) is 17.4 Å². The zero-order valence-corrected chi connectivity index (χ0v) is 9.89. The van der Waals surface area contributed by atoms with Gasteiger partial charge in [0.15, 0.2) is 0 Å². The van der Waals surface area contributed by atoms with E-state index in [1.165, 1.54) is 0 Å². The molecule has 80 valence electrons. The Morgan fingerprint density at radius 3 is 2.36 bits per heavy atom. The molecule has 0 N–H and O–H groups in total. The van der Waals surface area contributed by atoms with Gasteiger partial charge in [-0.3, -0.25) is 0 Å². The zero-order valence-electron chi connectivity index (χ0n) is 9.89. The number of rotatable bonds is 6. The summed E-state index contributed by atoms with van der Waals surface area (Å²) in [6, 6.07) is 0. The van der Waals surface area contributed by atoms with Crippen molar-refractivity contribution in [1.29, 1.82) is 0 Å². The molecule has 0 aliphatic heterocycles. The van der Waals surface area contributed by atoms with Crippen molar-refractivity contribution in [1.82, 2.24) is 0 Å². The number of allylic oxidation sites excluding steroid dienone is 1. The highest BCUT2D eigenvalue weighted by Gasteiger charge is 2.23. The summed E-state index contributed by atoms with van der Waals surface area (Å²) in [5.74, 6) is 0. The third-order valence-electron chi connectivity index (χ3n) is 2.54. The molecule has 0 aliphatic carbocycles. The molecule has 0 spiro atoms. The molecule has 1 nitrogen and oxygen atoms in total. The van der Waals surface area contributed by atoms with E-state index in [1.807, 2.05) is 19.9 Å². The molecule has 14 heavy (non-hydrogen) atoms. The van der Waals surface area contributed by atoms with Crippen LogP contribution in [0.4, 0.5) is 0 Å². The molecular weight excluding hydrogens is 172 g/mol. The van der Waals surface area contributed by atoms with E-state index >= 15 is 0 Å². The molecule has 0 radical (unpaired) electrons. The van der Waals surface area contributed by atoms with Crippen molar-refractivity contribution in [3.8, 4) is 0 Å². The molecule has 0 heterocycles. The minimum absolute atomic E-state index is 0.271. The minimum Gasteiger partial charge on any atom is -0.302 e. The summed E-state index contributed by atoms with van der Waals surface area (Å²) in [5.41, 5.74) is 4.01. The molecular formula is C13H22O. The lowest BCUT2D eigenvalue weighted by atomic mass is 9.81. The second-order valence-electron chi connectivity index (χ2n) is 4.10. The van der Waals surface area contributed by atoms with Crippen molar-refractivity contribution >= 4 is 6.29 Å². The van der Waals surface area contributed by atoms with E-state index < -0.39 is 0 Å². The topological polar surface area (TPSA) is 17.1 Å². The maximum absolute atomic E-state index is 11.1. The molecule has 0 aromatic rings. The van der Waals surface area contributed by atoms with Crippen LogP contribution >= 0.6 is 0 Å². The van der Waals surface area contributed by atoms with Crippen molar-refractivity contribution < 1.29 is 4.79 Å². The van der Waals surface area contributed by atoms with Gasteiger partial charge in [0.2, 0.25) is 0 Å². The second-order valence-corrected chi connectivity index (χ2v) is 4.10. The standard InChI is InChI=1S/C13H22O/c1-5-7-9-13(6-2,11-14)10-8-12(3)4/h10-11H,5-7,9H2,1-4H3/t13-/m1/s1. The first-order valence-electron chi connectivity index (χ1n) is 5.47. The predicted octanol–water partition coefficient (Wildman–Crippen LogP) is 3.89. The largest absolute Gasteiger partial charge is 0.302 e. The van der Waals surface area contributed by atoms with E-state index in [1.54, 1.807) is 0 Å². The van der Waals surface area contributed by atoms with Crippen molar-refractivity contribution in [3.63, 3.8) is 0 Å². The molecule has 0 amide bonds. The Hall–Kier alpha value is -0.810. The van der Waals surface area contributed by atoms with E-state index in [4.69, 9.17) is 0 Å². The summed E-state index contributed by atoms with van der Waals surface area (Å²) >= 11 is 0. The number of carbonyl (C=O) groups excluding carboxylic acids is 1. The molecule has 1 heteroatoms. The Morgan fingerprint density at radius 1 is 1.36 bits per heavy atom. The third kappa shape index (κ3) is 4.43. The molecule has 1 atom stereocenters. The first kappa shape index (κ1) is 13.2. The molecule has 0 rings (SSSR count). The third-order valence-corrected chi connectivity index (χ3v) is 2.54. The maximum atomic E-state index is 11.1. The van der Waals surface area contributed by atoms with Crippen LogP contribution in [0.3, 0.4) is 0 Å². The maximum Gasteiger partial charge on any atom is 0.130 e. The lowest BCUT2D eigenvalue weighted by Gasteiger charge is -2.20. The highest BCUT2D eigenvalue weighted by atomic mass is 16.1. The van der Waals surface area contributed by atoms with Gasteiger partial charge in [-0.15, -0.1) is 5.73 Å². The van der Waals surface area contributed by atoms with Gasteiger partial charge in [0, 0.05) is 0 Å². The van der Waals surface area contributed by atoms with Crippen LogP contribution in [-0.4, -0.2) is 6.29 Å². The lowest BCUT2D eigenvalue weighted by molar-refractivity contribution is -0.114. The monoisotopic (exact) mass is 194 g/mol. The summed E-state index contributed by atoms with van der Waals surface area (Å²) in [6.45, 7) is 8.21. The number of aldehydes is 1. The summed E-state index contributed by atoms with van der Waals surface area (Å²) in [5, 5.41) is 0. The van der Waals surface area contributed by atoms with Crippen LogP contribution in [0.2, 0.25) is 0 Å². The minimum atomic E-state index is -0.271. The highest BCUT2D eigenvalue weighted by Crippen LogP contribution is 2.27. The van der Waals surface area contributed by atoms with Gasteiger partial charge in [0.25, 0.3) is 0 Å². The van der Waals surface area contributed by atoms with Crippen molar-refractivity contribution in [3.05, 3.63) is 17.4 Å². The Morgan fingerprint density at radius 2 is 2.00 bits per heavy atom. The number of hydrogen-bond acceptors (Lipinski definition) is 1. The smallest absolute Gasteiger partial charge is 0.130 e. The first-order chi connectivity index (χ1) is 6.60. The van der Waals surface area contributed by atoms with E-state index in [9.17, 15) is 4.79 Å². The molecule has 0 aromatic heterocycles. The molecule has 0 saturated heterocycles. The van der Waals surface area contributed by atoms with Gasteiger partial charge in [-0.05, 0) is 38.3 Å². The molecule has 0 aliphatic rings. The van der Waals surface area contributed by atoms with Gasteiger partial charge in [-0.1, -0.05) is 26.7 Å². The molecule has 0 fully saturated rings. The van der Waals surface area contributed by atoms with E-state index in [2.05, 4.69) is 19.6 Å².